The molecule has 0 aromatic rings. The van der Waals surface area contributed by atoms with Gasteiger partial charge in [0.2, 0.25) is 0 Å². The lowest BCUT2D eigenvalue weighted by atomic mass is 9.73. The van der Waals surface area contributed by atoms with Gasteiger partial charge in [0.1, 0.15) is 0 Å². The monoisotopic (exact) mass is 372 g/mol. The van der Waals surface area contributed by atoms with Gasteiger partial charge in [0, 0.05) is 5.92 Å². The molecule has 3 unspecified atom stereocenters. The molecule has 4 heteroatoms. The van der Waals surface area contributed by atoms with E-state index in [1.165, 1.54) is 0 Å². The van der Waals surface area contributed by atoms with E-state index < -0.39 is 16.6 Å². The van der Waals surface area contributed by atoms with Crippen LogP contribution in [-0.2, 0) is 14.3 Å². The molecule has 4 nitrogen and oxygen atoms in total. The van der Waals surface area contributed by atoms with Gasteiger partial charge in [-0.05, 0) is 59.3 Å². The minimum absolute atomic E-state index is 0.0126. The molecule has 0 saturated heterocycles. The highest BCUT2D eigenvalue weighted by Gasteiger charge is 2.39. The average molecular weight is 373 g/mol. The molecule has 156 valence electrons. The predicted octanol–water partition coefficient (Wildman–Crippen LogP) is 5.36. The van der Waals surface area contributed by atoms with Crippen LogP contribution in [0, 0.1) is 16.7 Å². The summed E-state index contributed by atoms with van der Waals surface area (Å²) in [6.45, 7) is 22.3. The van der Waals surface area contributed by atoms with Gasteiger partial charge in [-0.15, -0.1) is 0 Å². The molecule has 0 fully saturated rings. The van der Waals surface area contributed by atoms with Crippen molar-refractivity contribution < 1.29 is 19.4 Å². The van der Waals surface area contributed by atoms with Crippen LogP contribution >= 0.6 is 0 Å². The molecular weight excluding hydrogens is 328 g/mol. The molecule has 0 bridgehead atoms. The summed E-state index contributed by atoms with van der Waals surface area (Å²) < 4.78 is 11.9. The zero-order valence-electron chi connectivity index (χ0n) is 19.2. The van der Waals surface area contributed by atoms with Crippen LogP contribution in [0.3, 0.4) is 0 Å². The minimum Gasteiger partial charge on any atom is -0.465 e. The fourth-order valence-corrected chi connectivity index (χ4v) is 3.30. The van der Waals surface area contributed by atoms with Crippen molar-refractivity contribution in [3.05, 3.63) is 0 Å². The first-order chi connectivity index (χ1) is 11.5. The standard InChI is InChI=1S/C22H44O4/c1-12-17(20(7,8)24)26-21(9,10)16(3)14-25-18(23)22(11,13-2)15-19(4,5)6/h16-17,24H,12-15H2,1-11H3. The normalized spacial score (nSPS) is 18.2. The van der Waals surface area contributed by atoms with Crippen LogP contribution in [0.5, 0.6) is 0 Å². The zero-order valence-corrected chi connectivity index (χ0v) is 19.2. The first-order valence-electron chi connectivity index (χ1n) is 10.1. The van der Waals surface area contributed by atoms with E-state index in [2.05, 4.69) is 20.8 Å². The van der Waals surface area contributed by atoms with Gasteiger partial charge in [-0.25, -0.2) is 0 Å². The maximum Gasteiger partial charge on any atom is 0.311 e. The van der Waals surface area contributed by atoms with Crippen molar-refractivity contribution in [2.24, 2.45) is 16.7 Å². The Morgan fingerprint density at radius 3 is 1.85 bits per heavy atom. The summed E-state index contributed by atoms with van der Waals surface area (Å²) in [6, 6.07) is 0. The highest BCUT2D eigenvalue weighted by atomic mass is 16.5. The molecule has 0 spiro atoms. The van der Waals surface area contributed by atoms with Gasteiger partial charge in [0.25, 0.3) is 0 Å². The molecule has 26 heavy (non-hydrogen) atoms. The van der Waals surface area contributed by atoms with E-state index in [1.54, 1.807) is 13.8 Å². The summed E-state index contributed by atoms with van der Waals surface area (Å²) in [5, 5.41) is 10.3. The number of hydrogen-bond donors (Lipinski definition) is 1. The highest BCUT2D eigenvalue weighted by Crippen LogP contribution is 2.37. The molecular formula is C22H44O4. The molecule has 0 aliphatic heterocycles. The maximum atomic E-state index is 12.7. The van der Waals surface area contributed by atoms with Gasteiger partial charge in [-0.2, -0.15) is 0 Å². The second-order valence-corrected chi connectivity index (χ2v) is 10.4. The number of carbonyl (C=O) groups is 1. The largest absolute Gasteiger partial charge is 0.465 e. The first kappa shape index (κ1) is 25.4. The molecule has 0 rings (SSSR count). The Kier molecular flexibility index (Phi) is 8.84. The van der Waals surface area contributed by atoms with Crippen LogP contribution in [0.25, 0.3) is 0 Å². The fourth-order valence-electron chi connectivity index (χ4n) is 3.30. The van der Waals surface area contributed by atoms with Crippen molar-refractivity contribution in [1.82, 2.24) is 0 Å². The van der Waals surface area contributed by atoms with E-state index in [4.69, 9.17) is 9.47 Å². The van der Waals surface area contributed by atoms with E-state index in [9.17, 15) is 9.90 Å². The van der Waals surface area contributed by atoms with Crippen LogP contribution in [-0.4, -0.2) is 35.0 Å². The van der Waals surface area contributed by atoms with Crippen molar-refractivity contribution in [2.45, 2.75) is 113 Å². The molecule has 0 aromatic carbocycles. The third kappa shape index (κ3) is 7.96. The van der Waals surface area contributed by atoms with E-state index >= 15 is 0 Å². The van der Waals surface area contributed by atoms with Crippen molar-refractivity contribution in [3.63, 3.8) is 0 Å². The lowest BCUT2D eigenvalue weighted by molar-refractivity contribution is -0.182. The molecule has 3 atom stereocenters. The molecule has 0 amide bonds. The van der Waals surface area contributed by atoms with Gasteiger partial charge in [-0.1, -0.05) is 41.5 Å². The zero-order chi connectivity index (χ0) is 21.0. The van der Waals surface area contributed by atoms with Gasteiger partial charge >= 0.3 is 5.97 Å². The van der Waals surface area contributed by atoms with Gasteiger partial charge in [-0.3, -0.25) is 4.79 Å². The molecule has 0 aliphatic rings. The minimum atomic E-state index is -0.907. The summed E-state index contributed by atoms with van der Waals surface area (Å²) in [5.41, 5.74) is -1.82. The van der Waals surface area contributed by atoms with Crippen LogP contribution < -0.4 is 0 Å². The summed E-state index contributed by atoms with van der Waals surface area (Å²) >= 11 is 0. The molecule has 0 radical (unpaired) electrons. The topological polar surface area (TPSA) is 55.8 Å². The average Bonchev–Trinajstić information content (AvgIpc) is 2.46. The second-order valence-electron chi connectivity index (χ2n) is 10.4. The molecule has 0 aromatic heterocycles. The summed E-state index contributed by atoms with van der Waals surface area (Å²) in [7, 11) is 0. The van der Waals surface area contributed by atoms with Gasteiger partial charge < -0.3 is 14.6 Å². The quantitative estimate of drug-likeness (QED) is 0.524. The van der Waals surface area contributed by atoms with Crippen molar-refractivity contribution in [3.8, 4) is 0 Å². The molecule has 0 aliphatic carbocycles. The Bertz CT molecular complexity index is 442. The Balaban J connectivity index is 4.94. The predicted molar refractivity (Wildman–Crippen MR) is 108 cm³/mol. The second kappa shape index (κ2) is 9.05. The Hall–Kier alpha value is -0.610. The summed E-state index contributed by atoms with van der Waals surface area (Å²) in [4.78, 5) is 12.7. The van der Waals surface area contributed by atoms with E-state index in [-0.39, 0.29) is 23.4 Å². The summed E-state index contributed by atoms with van der Waals surface area (Å²) in [6.07, 6.45) is 2.00. The van der Waals surface area contributed by atoms with Crippen LogP contribution in [0.1, 0.15) is 95.4 Å². The van der Waals surface area contributed by atoms with Crippen molar-refractivity contribution >= 4 is 5.97 Å². The van der Waals surface area contributed by atoms with Crippen molar-refractivity contribution in [1.29, 1.82) is 0 Å². The van der Waals surface area contributed by atoms with Crippen molar-refractivity contribution in [2.75, 3.05) is 6.61 Å². The van der Waals surface area contributed by atoms with E-state index in [0.717, 1.165) is 19.3 Å². The lowest BCUT2D eigenvalue weighted by Crippen LogP contribution is -2.47. The maximum absolute atomic E-state index is 12.7. The van der Waals surface area contributed by atoms with E-state index in [0.29, 0.717) is 6.61 Å². The van der Waals surface area contributed by atoms with Gasteiger partial charge in [0.05, 0.1) is 29.3 Å². The van der Waals surface area contributed by atoms with Crippen LogP contribution in [0.2, 0.25) is 0 Å². The number of aliphatic hydroxyl groups is 1. The number of esters is 1. The van der Waals surface area contributed by atoms with Gasteiger partial charge in [0.15, 0.2) is 0 Å². The Morgan fingerprint density at radius 2 is 1.50 bits per heavy atom. The van der Waals surface area contributed by atoms with Crippen LogP contribution in [0.4, 0.5) is 0 Å². The third-order valence-electron chi connectivity index (χ3n) is 5.45. The Labute approximate surface area is 162 Å². The first-order valence-corrected chi connectivity index (χ1v) is 10.1. The molecule has 0 heterocycles. The number of rotatable bonds is 10. The lowest BCUT2D eigenvalue weighted by Gasteiger charge is -2.40. The van der Waals surface area contributed by atoms with Crippen LogP contribution in [0.15, 0.2) is 0 Å². The molecule has 0 saturated carbocycles. The number of ether oxygens (including phenoxy) is 2. The molecule has 1 N–H and O–H groups in total. The smallest absolute Gasteiger partial charge is 0.311 e. The number of hydrogen-bond acceptors (Lipinski definition) is 4. The highest BCUT2D eigenvalue weighted by molar-refractivity contribution is 5.76. The van der Waals surface area contributed by atoms with E-state index in [1.807, 2.05) is 41.5 Å². The Morgan fingerprint density at radius 1 is 1.00 bits per heavy atom. The third-order valence-corrected chi connectivity index (χ3v) is 5.45. The fraction of sp³-hybridized carbons (Fsp3) is 0.955. The number of carbonyl (C=O) groups excluding carboxylic acids is 1. The SMILES string of the molecule is CCC(OC(C)(C)C(C)COC(=O)C(C)(CC)CC(C)(C)C)C(C)(C)O. The summed E-state index contributed by atoms with van der Waals surface area (Å²) in [5.74, 6) is -0.120.